The molecule has 1 aromatic heterocycles. The molecule has 13 heteroatoms. The van der Waals surface area contributed by atoms with Crippen LogP contribution in [0.25, 0.3) is 0 Å². The van der Waals surface area contributed by atoms with E-state index in [-0.39, 0.29) is 42.7 Å². The maximum Gasteiger partial charge on any atom is 0.287 e. The number of hydrogen-bond donors (Lipinski definition) is 3. The minimum Gasteiger partial charge on any atom is -0.394 e. The number of carbonyl (C=O) groups is 2. The second kappa shape index (κ2) is 9.40. The van der Waals surface area contributed by atoms with Crippen molar-refractivity contribution in [2.45, 2.75) is 55.4 Å². The highest BCUT2D eigenvalue weighted by Gasteiger charge is 2.62. The summed E-state index contributed by atoms with van der Waals surface area (Å²) in [6.07, 6.45) is 0.514. The quantitative estimate of drug-likeness (QED) is 0.431. The predicted molar refractivity (Wildman–Crippen MR) is 129 cm³/mol. The lowest BCUT2D eigenvalue weighted by atomic mass is 10.1. The van der Waals surface area contributed by atoms with Crippen LogP contribution < -0.4 is 5.32 Å². The van der Waals surface area contributed by atoms with E-state index in [1.165, 1.54) is 41.6 Å². The minimum atomic E-state index is -3.91. The van der Waals surface area contributed by atoms with Crippen LogP contribution in [0.2, 0.25) is 5.02 Å². The Bertz CT molecular complexity index is 1310. The second-order valence-corrected chi connectivity index (χ2v) is 13.1. The molecule has 1 aliphatic heterocycles. The highest BCUT2D eigenvalue weighted by Crippen LogP contribution is 2.49. The number of hydrogen-bond acceptors (Lipinski definition) is 7. The van der Waals surface area contributed by atoms with Crippen molar-refractivity contribution in [3.8, 4) is 0 Å². The summed E-state index contributed by atoms with van der Waals surface area (Å²) in [6.45, 7) is 2.44. The standard InChI is InChI=1S/C23H28ClFN4O6S/c1-22(2,18(31)12-30)36(34,35)23(5-6-23)13-28-7-8-29-17(21(28)33)11-26-19(29)20(32)27-10-14-3-4-15(24)16(25)9-14/h3-4,9,11,18,30-31H,5-8,10,12-13H2,1-2H3,(H,27,32)/t18-/m1/s1. The van der Waals surface area contributed by atoms with Crippen LogP contribution >= 0.6 is 11.6 Å². The number of sulfone groups is 1. The van der Waals surface area contributed by atoms with Crippen molar-refractivity contribution in [1.29, 1.82) is 0 Å². The van der Waals surface area contributed by atoms with Gasteiger partial charge in [-0.05, 0) is 44.4 Å². The van der Waals surface area contributed by atoms with Crippen LogP contribution in [-0.2, 0) is 22.9 Å². The molecule has 1 fully saturated rings. The van der Waals surface area contributed by atoms with Gasteiger partial charge in [-0.2, -0.15) is 0 Å². The van der Waals surface area contributed by atoms with Crippen molar-refractivity contribution in [2.75, 3.05) is 19.7 Å². The molecule has 2 amide bonds. The first kappa shape index (κ1) is 26.5. The molecule has 3 N–H and O–H groups in total. The van der Waals surface area contributed by atoms with Crippen LogP contribution in [0.5, 0.6) is 0 Å². The van der Waals surface area contributed by atoms with Crippen molar-refractivity contribution < 1.29 is 32.6 Å². The van der Waals surface area contributed by atoms with Gasteiger partial charge in [0.05, 0.1) is 33.4 Å². The van der Waals surface area contributed by atoms with Crippen molar-refractivity contribution in [3.63, 3.8) is 0 Å². The number of carbonyl (C=O) groups excluding carboxylic acids is 2. The summed E-state index contributed by atoms with van der Waals surface area (Å²) in [6, 6.07) is 4.19. The number of aromatic nitrogens is 2. The average Bonchev–Trinajstić information content (AvgIpc) is 3.51. The molecule has 36 heavy (non-hydrogen) atoms. The first-order valence-corrected chi connectivity index (χ1v) is 13.3. The van der Waals surface area contributed by atoms with Gasteiger partial charge in [-0.25, -0.2) is 17.8 Å². The molecule has 196 valence electrons. The number of aliphatic hydroxyl groups excluding tert-OH is 2. The number of rotatable bonds is 9. The summed E-state index contributed by atoms with van der Waals surface area (Å²) in [5.74, 6) is -1.57. The second-order valence-electron chi connectivity index (χ2n) is 9.76. The number of fused-ring (bicyclic) bond motifs is 1. The third-order valence-corrected chi connectivity index (χ3v) is 10.8. The van der Waals surface area contributed by atoms with Crippen LogP contribution in [0.4, 0.5) is 4.39 Å². The van der Waals surface area contributed by atoms with E-state index in [4.69, 9.17) is 11.6 Å². The van der Waals surface area contributed by atoms with Crippen molar-refractivity contribution in [3.05, 3.63) is 52.3 Å². The van der Waals surface area contributed by atoms with E-state index in [2.05, 4.69) is 10.3 Å². The summed E-state index contributed by atoms with van der Waals surface area (Å²) in [5, 5.41) is 22.1. The smallest absolute Gasteiger partial charge is 0.287 e. The van der Waals surface area contributed by atoms with E-state index in [0.717, 1.165) is 0 Å². The van der Waals surface area contributed by atoms with Crippen LogP contribution in [0.3, 0.4) is 0 Å². The molecule has 0 saturated heterocycles. The summed E-state index contributed by atoms with van der Waals surface area (Å²) in [5.41, 5.74) is 0.662. The minimum absolute atomic E-state index is 0.0217. The SMILES string of the molecule is CC(C)([C@H](O)CO)S(=O)(=O)C1(CN2CCn3c(cnc3C(=O)NCc3ccc(Cl)c(F)c3)C2=O)CC1. The number of halogens is 2. The monoisotopic (exact) mass is 542 g/mol. The summed E-state index contributed by atoms with van der Waals surface area (Å²) >= 11 is 5.67. The molecule has 2 aliphatic rings. The summed E-state index contributed by atoms with van der Waals surface area (Å²) < 4.78 is 39.1. The van der Waals surface area contributed by atoms with Crippen molar-refractivity contribution in [2.24, 2.45) is 0 Å². The highest BCUT2D eigenvalue weighted by molar-refractivity contribution is 7.94. The molecule has 2 heterocycles. The Morgan fingerprint density at radius 3 is 2.64 bits per heavy atom. The van der Waals surface area contributed by atoms with Gasteiger partial charge in [0, 0.05) is 26.2 Å². The van der Waals surface area contributed by atoms with E-state index in [0.29, 0.717) is 18.4 Å². The zero-order chi connectivity index (χ0) is 26.5. The van der Waals surface area contributed by atoms with E-state index < -0.39 is 49.7 Å². The molecule has 0 spiro atoms. The van der Waals surface area contributed by atoms with Gasteiger partial charge in [0.1, 0.15) is 11.5 Å². The lowest BCUT2D eigenvalue weighted by Crippen LogP contribution is -2.55. The Balaban J connectivity index is 1.47. The Kier molecular flexibility index (Phi) is 6.93. The molecule has 1 aromatic carbocycles. The molecule has 1 saturated carbocycles. The van der Waals surface area contributed by atoms with Gasteiger partial charge in [0.2, 0.25) is 0 Å². The largest absolute Gasteiger partial charge is 0.394 e. The number of aliphatic hydroxyl groups is 2. The van der Waals surface area contributed by atoms with Gasteiger partial charge >= 0.3 is 0 Å². The van der Waals surface area contributed by atoms with Crippen LogP contribution in [-0.4, -0.2) is 80.2 Å². The molecule has 10 nitrogen and oxygen atoms in total. The van der Waals surface area contributed by atoms with Gasteiger partial charge in [-0.3, -0.25) is 9.59 Å². The van der Waals surface area contributed by atoms with E-state index >= 15 is 0 Å². The fourth-order valence-corrected chi connectivity index (χ4v) is 7.09. The number of amides is 2. The fourth-order valence-electron chi connectivity index (χ4n) is 4.46. The molecule has 2 aromatic rings. The number of nitrogens with one attached hydrogen (secondary N) is 1. The number of benzene rings is 1. The molecule has 0 unspecified atom stereocenters. The van der Waals surface area contributed by atoms with Gasteiger partial charge in [0.15, 0.2) is 15.7 Å². The van der Waals surface area contributed by atoms with Gasteiger partial charge in [-0.1, -0.05) is 17.7 Å². The van der Waals surface area contributed by atoms with Gasteiger partial charge in [-0.15, -0.1) is 0 Å². The average molecular weight is 543 g/mol. The molecule has 1 atom stereocenters. The number of imidazole rings is 1. The third-order valence-electron chi connectivity index (χ3n) is 7.12. The van der Waals surface area contributed by atoms with Crippen LogP contribution in [0, 0.1) is 5.82 Å². The van der Waals surface area contributed by atoms with E-state index in [1.54, 1.807) is 6.07 Å². The third kappa shape index (κ3) is 4.40. The van der Waals surface area contributed by atoms with Crippen molar-refractivity contribution in [1.82, 2.24) is 19.8 Å². The van der Waals surface area contributed by atoms with E-state index in [9.17, 15) is 32.6 Å². The Morgan fingerprint density at radius 1 is 1.33 bits per heavy atom. The maximum atomic E-state index is 13.6. The van der Waals surface area contributed by atoms with Crippen LogP contribution in [0.1, 0.15) is 53.4 Å². The molecule has 0 bridgehead atoms. The number of nitrogens with zero attached hydrogens (tertiary/aromatic N) is 3. The van der Waals surface area contributed by atoms with Gasteiger partial charge < -0.3 is 25.0 Å². The molecule has 4 rings (SSSR count). The fraction of sp³-hybridized carbons (Fsp3) is 0.522. The Morgan fingerprint density at radius 2 is 2.03 bits per heavy atom. The lowest BCUT2D eigenvalue weighted by molar-refractivity contribution is 0.0665. The summed E-state index contributed by atoms with van der Waals surface area (Å²) in [7, 11) is -3.91. The lowest BCUT2D eigenvalue weighted by Gasteiger charge is -2.37. The zero-order valence-corrected chi connectivity index (χ0v) is 21.4. The molecular formula is C23H28ClFN4O6S. The van der Waals surface area contributed by atoms with Crippen LogP contribution in [0.15, 0.2) is 24.4 Å². The predicted octanol–water partition coefficient (Wildman–Crippen LogP) is 1.14. The molecule has 1 aliphatic carbocycles. The summed E-state index contributed by atoms with van der Waals surface area (Å²) in [4.78, 5) is 31.4. The first-order valence-electron chi connectivity index (χ1n) is 11.4. The molecular weight excluding hydrogens is 515 g/mol. The Labute approximate surface area is 213 Å². The van der Waals surface area contributed by atoms with E-state index in [1.807, 2.05) is 0 Å². The zero-order valence-electron chi connectivity index (χ0n) is 19.9. The van der Waals surface area contributed by atoms with Gasteiger partial charge in [0.25, 0.3) is 11.8 Å². The van der Waals surface area contributed by atoms with Crippen molar-refractivity contribution >= 4 is 33.3 Å². The first-order chi connectivity index (χ1) is 16.8. The normalized spacial score (nSPS) is 18.1. The highest BCUT2D eigenvalue weighted by atomic mass is 35.5. The molecule has 0 radical (unpaired) electrons. The topological polar surface area (TPSA) is 142 Å². The Hall–Kier alpha value is -2.54. The maximum absolute atomic E-state index is 13.6.